The van der Waals surface area contributed by atoms with Gasteiger partial charge in [0.05, 0.1) is 10.5 Å². The van der Waals surface area contributed by atoms with Crippen molar-refractivity contribution in [2.75, 3.05) is 0 Å². The highest BCUT2D eigenvalue weighted by Crippen LogP contribution is 2.52. The molecule has 3 aliphatic carbocycles. The van der Waals surface area contributed by atoms with Gasteiger partial charge in [-0.1, -0.05) is 0 Å². The summed E-state index contributed by atoms with van der Waals surface area (Å²) in [5.41, 5.74) is 0.565. The summed E-state index contributed by atoms with van der Waals surface area (Å²) in [6, 6.07) is 2.08. The molecule has 11 heteroatoms. The molecule has 1 amide bonds. The van der Waals surface area contributed by atoms with E-state index in [1.54, 1.807) is 0 Å². The van der Waals surface area contributed by atoms with Crippen molar-refractivity contribution in [2.24, 2.45) is 17.6 Å². The van der Waals surface area contributed by atoms with E-state index in [0.717, 1.165) is 12.1 Å². The van der Waals surface area contributed by atoms with E-state index in [-0.39, 0.29) is 35.2 Å². The quantitative estimate of drug-likeness (QED) is 0.256. The van der Waals surface area contributed by atoms with Crippen LogP contribution in [-0.2, 0) is 20.8 Å². The molecule has 3 atom stereocenters. The lowest BCUT2D eigenvalue weighted by Crippen LogP contribution is -2.58. The Bertz CT molecular complexity index is 1130. The van der Waals surface area contributed by atoms with Gasteiger partial charge in [-0.05, 0) is 24.8 Å². The van der Waals surface area contributed by atoms with E-state index >= 15 is 0 Å². The molecule has 30 heavy (non-hydrogen) atoms. The number of phenolic OH excluding ortho intramolecular Hbond substituents is 1. The summed E-state index contributed by atoms with van der Waals surface area (Å²) in [6.07, 6.45) is -0.654. The number of nitrogens with zero attached hydrogens (tertiary/aromatic N) is 1. The molecule has 1 fully saturated rings. The molecular formula is C19H16N2O9. The van der Waals surface area contributed by atoms with Crippen molar-refractivity contribution >= 4 is 28.9 Å². The van der Waals surface area contributed by atoms with Crippen LogP contribution in [0.4, 0.5) is 5.69 Å². The van der Waals surface area contributed by atoms with E-state index in [4.69, 9.17) is 5.73 Å². The summed E-state index contributed by atoms with van der Waals surface area (Å²) in [5, 5.41) is 53.7. The molecule has 0 aliphatic heterocycles. The maximum Gasteiger partial charge on any atom is 0.273 e. The molecule has 11 nitrogen and oxygen atoms in total. The smallest absolute Gasteiger partial charge is 0.273 e. The first-order valence-corrected chi connectivity index (χ1v) is 8.96. The summed E-state index contributed by atoms with van der Waals surface area (Å²) in [7, 11) is 0. The molecule has 4 rings (SSSR count). The minimum Gasteiger partial charge on any atom is -0.508 e. The standard InChI is InChI=1S/C19H16N2O9/c20-18(27)14-11(23)5-7-3-6-4-8-9(21(29)30)1-2-10(22)13(8)15(24)12(6)16(25)19(7,28)17(14)26/h1-2,6-7,22,24,26,28H,3-5H2,(H2,20,27). The highest BCUT2D eigenvalue weighted by molar-refractivity contribution is 6.22. The Hall–Kier alpha value is -3.73. The number of fused-ring (bicyclic) bond motifs is 3. The van der Waals surface area contributed by atoms with E-state index in [9.17, 15) is 44.9 Å². The third-order valence-electron chi connectivity index (χ3n) is 6.12. The molecule has 0 heterocycles. The summed E-state index contributed by atoms with van der Waals surface area (Å²) < 4.78 is 0. The number of phenols is 1. The molecular weight excluding hydrogens is 400 g/mol. The van der Waals surface area contributed by atoms with Gasteiger partial charge in [0, 0.05) is 29.5 Å². The van der Waals surface area contributed by atoms with Crippen molar-refractivity contribution in [2.45, 2.75) is 24.9 Å². The predicted octanol–water partition coefficient (Wildman–Crippen LogP) is 0.332. The van der Waals surface area contributed by atoms with Crippen molar-refractivity contribution in [1.29, 1.82) is 0 Å². The molecule has 156 valence electrons. The summed E-state index contributed by atoms with van der Waals surface area (Å²) in [6.45, 7) is 0. The van der Waals surface area contributed by atoms with Crippen molar-refractivity contribution in [3.63, 3.8) is 0 Å². The second-order valence-corrected chi connectivity index (χ2v) is 7.62. The molecule has 3 aliphatic rings. The van der Waals surface area contributed by atoms with Crippen LogP contribution in [0, 0.1) is 22.0 Å². The van der Waals surface area contributed by atoms with Crippen LogP contribution in [0.15, 0.2) is 29.0 Å². The number of aliphatic hydroxyl groups is 3. The SMILES string of the molecule is NC(=O)C1=C(O)C2(O)C(=O)C3=C(O)c4c(O)ccc([N+](=O)[O-])c4CC3CC2CC1=O. The maximum atomic E-state index is 13.2. The van der Waals surface area contributed by atoms with E-state index in [2.05, 4.69) is 0 Å². The molecule has 1 saturated carbocycles. The molecule has 3 unspecified atom stereocenters. The Labute approximate surface area is 167 Å². The fourth-order valence-electron chi connectivity index (χ4n) is 4.78. The van der Waals surface area contributed by atoms with E-state index in [1.165, 1.54) is 0 Å². The van der Waals surface area contributed by atoms with Gasteiger partial charge < -0.3 is 26.2 Å². The average Bonchev–Trinajstić information content (AvgIpc) is 2.64. The Balaban J connectivity index is 1.96. The van der Waals surface area contributed by atoms with Gasteiger partial charge in [0.2, 0.25) is 5.78 Å². The summed E-state index contributed by atoms with van der Waals surface area (Å²) in [5.74, 6) is -7.66. The van der Waals surface area contributed by atoms with Gasteiger partial charge in [-0.2, -0.15) is 0 Å². The highest BCUT2D eigenvalue weighted by Gasteiger charge is 2.60. The number of amides is 1. The molecule has 0 saturated heterocycles. The van der Waals surface area contributed by atoms with Crippen molar-refractivity contribution in [1.82, 2.24) is 0 Å². The van der Waals surface area contributed by atoms with Crippen LogP contribution >= 0.6 is 0 Å². The Kier molecular flexibility index (Phi) is 4.00. The Morgan fingerprint density at radius 2 is 1.87 bits per heavy atom. The van der Waals surface area contributed by atoms with Crippen LogP contribution in [0.2, 0.25) is 0 Å². The minimum absolute atomic E-state index is 0.0178. The molecule has 6 N–H and O–H groups in total. The zero-order valence-corrected chi connectivity index (χ0v) is 15.3. The lowest BCUT2D eigenvalue weighted by atomic mass is 9.59. The topological polar surface area (TPSA) is 201 Å². The zero-order valence-electron chi connectivity index (χ0n) is 15.3. The largest absolute Gasteiger partial charge is 0.508 e. The fourth-order valence-corrected chi connectivity index (χ4v) is 4.78. The monoisotopic (exact) mass is 416 g/mol. The first-order valence-electron chi connectivity index (χ1n) is 8.96. The van der Waals surface area contributed by atoms with Gasteiger partial charge in [-0.15, -0.1) is 0 Å². The number of ketones is 2. The molecule has 0 bridgehead atoms. The Morgan fingerprint density at radius 1 is 1.20 bits per heavy atom. The summed E-state index contributed by atoms with van der Waals surface area (Å²) in [4.78, 5) is 47.7. The van der Waals surface area contributed by atoms with Crippen LogP contribution in [0.3, 0.4) is 0 Å². The number of aromatic hydroxyl groups is 1. The second kappa shape index (κ2) is 6.13. The Morgan fingerprint density at radius 3 is 2.47 bits per heavy atom. The van der Waals surface area contributed by atoms with E-state index in [1.807, 2.05) is 0 Å². The number of aliphatic hydroxyl groups excluding tert-OH is 2. The molecule has 0 spiro atoms. The highest BCUT2D eigenvalue weighted by atomic mass is 16.6. The normalized spacial score (nSPS) is 28.0. The number of hydrogen-bond donors (Lipinski definition) is 5. The van der Waals surface area contributed by atoms with Gasteiger partial charge in [-0.3, -0.25) is 24.5 Å². The first kappa shape index (κ1) is 19.6. The maximum absolute atomic E-state index is 13.2. The first-order chi connectivity index (χ1) is 14.0. The van der Waals surface area contributed by atoms with Crippen LogP contribution in [-0.4, -0.2) is 48.4 Å². The van der Waals surface area contributed by atoms with Crippen LogP contribution in [0.25, 0.3) is 5.76 Å². The third kappa shape index (κ3) is 2.32. The average molecular weight is 416 g/mol. The molecule has 1 aromatic rings. The number of nitro groups is 1. The van der Waals surface area contributed by atoms with E-state index in [0.29, 0.717) is 0 Å². The number of primary amides is 1. The van der Waals surface area contributed by atoms with Crippen molar-refractivity contribution in [3.05, 3.63) is 50.3 Å². The van der Waals surface area contributed by atoms with Crippen molar-refractivity contribution < 1.29 is 39.7 Å². The van der Waals surface area contributed by atoms with Crippen LogP contribution in [0.5, 0.6) is 5.75 Å². The van der Waals surface area contributed by atoms with E-state index < -0.39 is 69.1 Å². The third-order valence-corrected chi connectivity index (χ3v) is 6.12. The predicted molar refractivity (Wildman–Crippen MR) is 98.0 cm³/mol. The number of carbonyl (C=O) groups is 3. The van der Waals surface area contributed by atoms with Crippen LogP contribution < -0.4 is 5.73 Å². The van der Waals surface area contributed by atoms with Gasteiger partial charge in [-0.25, -0.2) is 0 Å². The van der Waals surface area contributed by atoms with Gasteiger partial charge in [0.25, 0.3) is 11.6 Å². The number of nitro benzene ring substituents is 1. The lowest BCUT2D eigenvalue weighted by molar-refractivity contribution is -0.385. The minimum atomic E-state index is -2.66. The number of nitrogens with two attached hydrogens (primary N) is 1. The van der Waals surface area contributed by atoms with Gasteiger partial charge in [0.15, 0.2) is 11.4 Å². The fraction of sp³-hybridized carbons (Fsp3) is 0.316. The number of Topliss-reactive ketones (excluding diaryl/α,β-unsaturated/α-hetero) is 2. The summed E-state index contributed by atoms with van der Waals surface area (Å²) >= 11 is 0. The lowest BCUT2D eigenvalue weighted by Gasteiger charge is -2.45. The molecule has 0 radical (unpaired) electrons. The number of benzene rings is 1. The number of hydrogen-bond acceptors (Lipinski definition) is 9. The number of carbonyl (C=O) groups excluding carboxylic acids is 3. The molecule has 0 aromatic heterocycles. The zero-order chi connectivity index (χ0) is 22.1. The van der Waals surface area contributed by atoms with Crippen LogP contribution in [0.1, 0.15) is 24.0 Å². The molecule has 1 aromatic carbocycles. The van der Waals surface area contributed by atoms with Crippen molar-refractivity contribution in [3.8, 4) is 5.75 Å². The van der Waals surface area contributed by atoms with Gasteiger partial charge in [0.1, 0.15) is 22.8 Å². The number of rotatable bonds is 2. The van der Waals surface area contributed by atoms with Gasteiger partial charge >= 0.3 is 0 Å². The second-order valence-electron chi connectivity index (χ2n) is 7.62.